The average molecular weight is 343 g/mol. The number of amides is 1. The first-order valence-corrected chi connectivity index (χ1v) is 8.99. The number of nitrogens with zero attached hydrogens (tertiary/aromatic N) is 3. The number of thioether (sulfide) groups is 1. The summed E-state index contributed by atoms with van der Waals surface area (Å²) >= 11 is 1.62. The van der Waals surface area contributed by atoms with E-state index in [2.05, 4.69) is 11.3 Å². The summed E-state index contributed by atoms with van der Waals surface area (Å²) in [5.74, 6) is -0.785. The highest BCUT2D eigenvalue weighted by atomic mass is 32.2. The molecule has 2 aromatic rings. The topological polar surface area (TPSA) is 68.7 Å². The Bertz CT molecular complexity index is 886. The van der Waals surface area contributed by atoms with E-state index in [1.807, 2.05) is 35.3 Å². The predicted octanol–water partition coefficient (Wildman–Crippen LogP) is 0.0984. The molecular weight excluding hydrogens is 326 g/mol. The number of hydrogen-bond donors (Lipinski definition) is 0. The zero-order valence-corrected chi connectivity index (χ0v) is 14.1. The summed E-state index contributed by atoms with van der Waals surface area (Å²) in [5, 5.41) is 11.6. The number of aromatic nitrogens is 2. The first kappa shape index (κ1) is 15.3. The van der Waals surface area contributed by atoms with Gasteiger partial charge in [0.1, 0.15) is 5.52 Å². The van der Waals surface area contributed by atoms with E-state index in [9.17, 15) is 14.7 Å². The third kappa shape index (κ3) is 2.31. The van der Waals surface area contributed by atoms with E-state index in [-0.39, 0.29) is 17.0 Å². The Morgan fingerprint density at radius 3 is 3.00 bits per heavy atom. The van der Waals surface area contributed by atoms with Crippen LogP contribution in [-0.4, -0.2) is 32.3 Å². The van der Waals surface area contributed by atoms with Crippen molar-refractivity contribution in [3.8, 4) is 0 Å². The summed E-state index contributed by atoms with van der Waals surface area (Å²) in [6.07, 6.45) is 7.33. The molecule has 0 spiro atoms. The fourth-order valence-electron chi connectivity index (χ4n) is 3.38. The number of fused-ring (bicyclic) bond motifs is 2. The zero-order chi connectivity index (χ0) is 16.8. The molecule has 0 saturated carbocycles. The van der Waals surface area contributed by atoms with Crippen LogP contribution in [0.2, 0.25) is 0 Å². The number of carbonyl (C=O) groups excluding carboxylic acids is 2. The van der Waals surface area contributed by atoms with E-state index in [0.717, 1.165) is 23.2 Å². The SMILES string of the molecule is CCc1c[n+](CC2=C(C(=O)[O-])N3C(=O)C[C@H]3SC2)cc2cccn12. The Morgan fingerprint density at radius 2 is 2.29 bits per heavy atom. The van der Waals surface area contributed by atoms with Gasteiger partial charge in [-0.05, 0) is 18.6 Å². The van der Waals surface area contributed by atoms with Crippen LogP contribution < -0.4 is 9.67 Å². The molecule has 0 aliphatic carbocycles. The number of carboxylic acid groups (broad SMARTS) is 1. The van der Waals surface area contributed by atoms with Gasteiger partial charge in [-0.3, -0.25) is 9.69 Å². The fourth-order valence-corrected chi connectivity index (χ4v) is 4.64. The maximum absolute atomic E-state index is 11.8. The van der Waals surface area contributed by atoms with Gasteiger partial charge in [-0.15, -0.1) is 11.8 Å². The van der Waals surface area contributed by atoms with Gasteiger partial charge in [0.25, 0.3) is 0 Å². The van der Waals surface area contributed by atoms with Crippen LogP contribution in [0.5, 0.6) is 0 Å². The number of β-lactam (4-membered cyclic amide) rings is 1. The van der Waals surface area contributed by atoms with Crippen molar-refractivity contribution in [1.82, 2.24) is 9.30 Å². The van der Waals surface area contributed by atoms with Crippen LogP contribution in [0, 0.1) is 0 Å². The minimum atomic E-state index is -1.26. The van der Waals surface area contributed by atoms with Crippen LogP contribution in [0.3, 0.4) is 0 Å². The molecule has 1 saturated heterocycles. The quantitative estimate of drug-likeness (QED) is 0.583. The molecule has 2 aliphatic rings. The average Bonchev–Trinajstić information content (AvgIpc) is 3.02. The van der Waals surface area contributed by atoms with Crippen LogP contribution in [-0.2, 0) is 22.6 Å². The number of aliphatic carboxylic acids is 1. The van der Waals surface area contributed by atoms with E-state index >= 15 is 0 Å². The highest BCUT2D eigenvalue weighted by Crippen LogP contribution is 2.39. The molecule has 2 aliphatic heterocycles. The second-order valence-electron chi connectivity index (χ2n) is 6.05. The minimum Gasteiger partial charge on any atom is -0.543 e. The number of rotatable bonds is 4. The van der Waals surface area contributed by atoms with Gasteiger partial charge in [-0.1, -0.05) is 6.92 Å². The van der Waals surface area contributed by atoms with Crippen molar-refractivity contribution in [3.05, 3.63) is 47.7 Å². The molecule has 0 bridgehead atoms. The molecule has 4 rings (SSSR count). The molecular formula is C17H17N3O3S. The molecule has 1 amide bonds. The summed E-state index contributed by atoms with van der Waals surface area (Å²) in [4.78, 5) is 24.8. The van der Waals surface area contributed by atoms with Gasteiger partial charge in [-0.25, -0.2) is 0 Å². The van der Waals surface area contributed by atoms with Gasteiger partial charge in [0, 0.05) is 17.5 Å². The lowest BCUT2D eigenvalue weighted by atomic mass is 10.1. The molecule has 1 fully saturated rings. The second kappa shape index (κ2) is 5.66. The maximum Gasteiger partial charge on any atom is 0.230 e. The number of carbonyl (C=O) groups is 2. The lowest BCUT2D eigenvalue weighted by Crippen LogP contribution is -2.56. The summed E-state index contributed by atoms with van der Waals surface area (Å²) in [6, 6.07) is 4.01. The number of carboxylic acids is 1. The maximum atomic E-state index is 11.8. The Labute approximate surface area is 143 Å². The van der Waals surface area contributed by atoms with E-state index < -0.39 is 5.97 Å². The van der Waals surface area contributed by atoms with Crippen LogP contribution in [0.4, 0.5) is 0 Å². The van der Waals surface area contributed by atoms with Crippen molar-refractivity contribution < 1.29 is 19.3 Å². The summed E-state index contributed by atoms with van der Waals surface area (Å²) < 4.78 is 4.12. The number of aryl methyl sites for hydroxylation is 1. The van der Waals surface area contributed by atoms with Crippen molar-refractivity contribution in [3.63, 3.8) is 0 Å². The Hall–Kier alpha value is -2.28. The molecule has 24 heavy (non-hydrogen) atoms. The largest absolute Gasteiger partial charge is 0.543 e. The van der Waals surface area contributed by atoms with Gasteiger partial charge in [0.15, 0.2) is 18.9 Å². The minimum absolute atomic E-state index is 0.0431. The smallest absolute Gasteiger partial charge is 0.230 e. The van der Waals surface area contributed by atoms with E-state index in [1.54, 1.807) is 11.8 Å². The lowest BCUT2D eigenvalue weighted by molar-refractivity contribution is -0.688. The van der Waals surface area contributed by atoms with Gasteiger partial charge in [-0.2, -0.15) is 4.57 Å². The second-order valence-corrected chi connectivity index (χ2v) is 7.22. The Morgan fingerprint density at radius 1 is 1.46 bits per heavy atom. The summed E-state index contributed by atoms with van der Waals surface area (Å²) in [6.45, 7) is 2.53. The van der Waals surface area contributed by atoms with Crippen molar-refractivity contribution in [2.75, 3.05) is 5.75 Å². The fraction of sp³-hybridized carbons (Fsp3) is 0.353. The van der Waals surface area contributed by atoms with E-state index in [4.69, 9.17) is 0 Å². The molecule has 0 unspecified atom stereocenters. The van der Waals surface area contributed by atoms with Gasteiger partial charge in [0.2, 0.25) is 5.91 Å². The lowest BCUT2D eigenvalue weighted by Gasteiger charge is -2.45. The van der Waals surface area contributed by atoms with Crippen LogP contribution in [0.15, 0.2) is 42.0 Å². The van der Waals surface area contributed by atoms with Crippen LogP contribution >= 0.6 is 11.8 Å². The van der Waals surface area contributed by atoms with Crippen LogP contribution in [0.25, 0.3) is 5.52 Å². The normalized spacial score (nSPS) is 20.3. The standard InChI is InChI=1S/C17H17N3O3S/c1-2-12-8-18(9-13-4-3-5-19(12)13)7-11-10-24-15-6-14(21)20(15)16(11)17(22)23/h3-5,8-9,15H,2,6-7,10H2,1H3/t15-/m1/s1. The monoisotopic (exact) mass is 343 g/mol. The summed E-state index contributed by atoms with van der Waals surface area (Å²) in [5.41, 5.74) is 3.00. The van der Waals surface area contributed by atoms with Gasteiger partial charge < -0.3 is 14.3 Å². The number of hydrogen-bond acceptors (Lipinski definition) is 4. The van der Waals surface area contributed by atoms with E-state index in [0.29, 0.717) is 18.7 Å². The van der Waals surface area contributed by atoms with Gasteiger partial charge >= 0.3 is 0 Å². The third-order valence-corrected chi connectivity index (χ3v) is 5.84. The molecule has 6 nitrogen and oxygen atoms in total. The zero-order valence-electron chi connectivity index (χ0n) is 13.3. The third-order valence-electron chi connectivity index (χ3n) is 4.56. The van der Waals surface area contributed by atoms with Crippen molar-refractivity contribution >= 4 is 29.2 Å². The summed E-state index contributed by atoms with van der Waals surface area (Å²) in [7, 11) is 0. The van der Waals surface area contributed by atoms with Crippen molar-refractivity contribution in [2.24, 2.45) is 0 Å². The molecule has 7 heteroatoms. The first-order chi connectivity index (χ1) is 11.6. The van der Waals surface area contributed by atoms with Crippen LogP contribution in [0.1, 0.15) is 19.0 Å². The molecule has 124 valence electrons. The molecule has 0 N–H and O–H groups in total. The molecule has 1 atom stereocenters. The highest BCUT2D eigenvalue weighted by molar-refractivity contribution is 8.00. The van der Waals surface area contributed by atoms with Crippen molar-refractivity contribution in [2.45, 2.75) is 31.7 Å². The molecule has 4 heterocycles. The van der Waals surface area contributed by atoms with Crippen molar-refractivity contribution in [1.29, 1.82) is 0 Å². The van der Waals surface area contributed by atoms with Gasteiger partial charge in [0.05, 0.1) is 29.2 Å². The molecule has 0 radical (unpaired) electrons. The molecule has 2 aromatic heterocycles. The Kier molecular flexibility index (Phi) is 3.60. The molecule has 0 aromatic carbocycles. The highest BCUT2D eigenvalue weighted by Gasteiger charge is 2.43. The first-order valence-electron chi connectivity index (χ1n) is 7.94. The predicted molar refractivity (Wildman–Crippen MR) is 86.7 cm³/mol. The Balaban J connectivity index is 1.74. The van der Waals surface area contributed by atoms with E-state index in [1.165, 1.54) is 4.90 Å².